The summed E-state index contributed by atoms with van der Waals surface area (Å²) in [5, 5.41) is 12.1. The average Bonchev–Trinajstić information content (AvgIpc) is 3.26. The molecule has 1 saturated heterocycles. The number of rotatable bonds is 6. The number of benzene rings is 2. The number of amides is 1. The molecule has 5 rings (SSSR count). The van der Waals surface area contributed by atoms with E-state index in [4.69, 9.17) is 15.2 Å². The van der Waals surface area contributed by atoms with E-state index in [1.165, 1.54) is 27.8 Å². The van der Waals surface area contributed by atoms with Gasteiger partial charge >= 0.3 is 11.4 Å². The molecule has 2 aliphatic heterocycles. The Morgan fingerprint density at radius 1 is 1.23 bits per heavy atom. The molecule has 4 atom stereocenters. The molecule has 2 N–H and O–H groups in total. The average molecular weight is 551 g/mol. The largest absolute Gasteiger partial charge is 0.443 e. The Morgan fingerprint density at radius 2 is 1.86 bits per heavy atom. The summed E-state index contributed by atoms with van der Waals surface area (Å²) in [6.45, 7) is 1.86. The first-order chi connectivity index (χ1) is 16.8. The monoisotopic (exact) mass is 550 g/mol. The van der Waals surface area contributed by atoms with Gasteiger partial charge in [0.1, 0.15) is 4.20 Å². The van der Waals surface area contributed by atoms with E-state index in [0.29, 0.717) is 10.2 Å². The Balaban J connectivity index is 1.53. The minimum Gasteiger partial charge on any atom is -0.443 e. The molecule has 1 fully saturated rings. The number of carbonyl (C=O) groups is 2. The Bertz CT molecular complexity index is 1250. The van der Waals surface area contributed by atoms with Crippen LogP contribution in [0.2, 0.25) is 0 Å². The number of carbonyl (C=O) groups excluding carboxylic acids is 2. The molecule has 1 amide bonds. The molecule has 10 nitrogen and oxygen atoms in total. The zero-order valence-corrected chi connectivity index (χ0v) is 22.0. The molecule has 3 heterocycles. The quantitative estimate of drug-likeness (QED) is 0.361. The summed E-state index contributed by atoms with van der Waals surface area (Å²) >= 11 is 2.72. The topological polar surface area (TPSA) is 125 Å². The van der Waals surface area contributed by atoms with Crippen LogP contribution in [0.5, 0.6) is 0 Å². The zero-order valence-electron chi connectivity index (χ0n) is 18.7. The Labute approximate surface area is 214 Å². The van der Waals surface area contributed by atoms with E-state index in [9.17, 15) is 9.59 Å². The fraction of sp³-hybridized carbons (Fsp3) is 0.286. The van der Waals surface area contributed by atoms with E-state index in [2.05, 4.69) is 15.5 Å². The van der Waals surface area contributed by atoms with Gasteiger partial charge in [0.25, 0.3) is 0 Å². The number of hydrogen-bond donors (Lipinski definition) is 1. The summed E-state index contributed by atoms with van der Waals surface area (Å²) in [5.74, 6) is 0. The van der Waals surface area contributed by atoms with Gasteiger partial charge < -0.3 is 15.2 Å². The lowest BCUT2D eigenvalue weighted by atomic mass is 10.0. The van der Waals surface area contributed by atoms with Gasteiger partial charge in [0.2, 0.25) is 10.7 Å². The smallest absolute Gasteiger partial charge is 0.426 e. The second-order valence-electron chi connectivity index (χ2n) is 7.66. The molecular formula is C21H22N6O4S4. The molecule has 2 aromatic carbocycles. The third-order valence-corrected chi connectivity index (χ3v) is 15.7. The SMILES string of the molecule is Cn1nnnc1SCS1=S(C(=O)OC(c2ccccc2)c2ccccc2)N2C(=O)O[C@@H]2S[C@@]1(C)N. The van der Waals surface area contributed by atoms with Crippen LogP contribution in [0.3, 0.4) is 0 Å². The zero-order chi connectivity index (χ0) is 24.6. The van der Waals surface area contributed by atoms with Gasteiger partial charge in [0.15, 0.2) is 6.10 Å². The Hall–Kier alpha value is -2.39. The van der Waals surface area contributed by atoms with Crippen LogP contribution in [0, 0.1) is 0 Å². The van der Waals surface area contributed by atoms with Crippen LogP contribution in [0.1, 0.15) is 24.2 Å². The van der Waals surface area contributed by atoms with E-state index < -0.39 is 46.4 Å². The van der Waals surface area contributed by atoms with Crippen molar-refractivity contribution in [1.29, 1.82) is 0 Å². The number of nitrogens with two attached hydrogens (primary N) is 1. The Kier molecular flexibility index (Phi) is 6.90. The molecule has 14 heteroatoms. The third kappa shape index (κ3) is 4.85. The summed E-state index contributed by atoms with van der Waals surface area (Å²) in [4.78, 5) is 26.3. The highest BCUT2D eigenvalue weighted by Crippen LogP contribution is 2.45. The normalized spacial score (nSPS) is 25.5. The highest BCUT2D eigenvalue weighted by atomic mass is 32.9. The maximum Gasteiger partial charge on any atom is 0.426 e. The molecule has 1 aromatic heterocycles. The summed E-state index contributed by atoms with van der Waals surface area (Å²) in [6.07, 6.45) is -1.18. The van der Waals surface area contributed by atoms with E-state index >= 15 is 0 Å². The minimum atomic E-state index is -1.27. The molecule has 3 aromatic rings. The van der Waals surface area contributed by atoms with Crippen LogP contribution in [0.25, 0.3) is 0 Å². The van der Waals surface area contributed by atoms with Crippen molar-refractivity contribution in [2.45, 2.75) is 27.9 Å². The number of tetrazole rings is 1. The van der Waals surface area contributed by atoms with Crippen molar-refractivity contribution in [1.82, 2.24) is 24.5 Å². The Morgan fingerprint density at radius 3 is 2.40 bits per heavy atom. The van der Waals surface area contributed by atoms with Crippen molar-refractivity contribution in [3.8, 4) is 0 Å². The number of nitrogens with zero attached hydrogens (tertiary/aromatic N) is 5. The molecule has 0 aliphatic carbocycles. The van der Waals surface area contributed by atoms with E-state index in [0.717, 1.165) is 11.1 Å². The van der Waals surface area contributed by atoms with Gasteiger partial charge in [0.05, 0.1) is 14.7 Å². The number of fused-ring (bicyclic) bond motifs is 1. The summed E-state index contributed by atoms with van der Waals surface area (Å²) in [6, 6.07) is 19.1. The molecule has 0 spiro atoms. The van der Waals surface area contributed by atoms with Crippen LogP contribution in [0.4, 0.5) is 9.59 Å². The maximum absolute atomic E-state index is 13.8. The molecule has 2 unspecified atom stereocenters. The maximum atomic E-state index is 13.8. The first kappa shape index (κ1) is 24.3. The van der Waals surface area contributed by atoms with Crippen LogP contribution in [-0.2, 0) is 35.6 Å². The second kappa shape index (κ2) is 9.93. The van der Waals surface area contributed by atoms with E-state index in [1.54, 1.807) is 11.7 Å². The fourth-order valence-corrected chi connectivity index (χ4v) is 14.4. The molecule has 184 valence electrons. The molecular weight excluding hydrogens is 529 g/mol. The highest BCUT2D eigenvalue weighted by molar-refractivity contribution is 8.55. The number of aromatic nitrogens is 4. The van der Waals surface area contributed by atoms with Crippen molar-refractivity contribution in [3.63, 3.8) is 0 Å². The molecule has 0 bridgehead atoms. The van der Waals surface area contributed by atoms with Crippen LogP contribution in [0.15, 0.2) is 65.8 Å². The lowest BCUT2D eigenvalue weighted by molar-refractivity contribution is 0.00684. The summed E-state index contributed by atoms with van der Waals surface area (Å²) in [7, 11) is -0.322. The fourth-order valence-electron chi connectivity index (χ4n) is 3.44. The number of ether oxygens (including phenoxy) is 2. The molecule has 0 saturated carbocycles. The predicted octanol–water partition coefficient (Wildman–Crippen LogP) is 3.37. The minimum absolute atomic E-state index is 0.435. The summed E-state index contributed by atoms with van der Waals surface area (Å²) in [5.41, 5.74) is 7.74. The number of thioether (sulfide) groups is 2. The van der Waals surface area contributed by atoms with Crippen molar-refractivity contribution in [2.24, 2.45) is 12.8 Å². The van der Waals surface area contributed by atoms with E-state index in [1.807, 2.05) is 67.6 Å². The van der Waals surface area contributed by atoms with Gasteiger partial charge in [-0.3, -0.25) is 0 Å². The van der Waals surface area contributed by atoms with Gasteiger partial charge in [-0.2, -0.15) is 4.31 Å². The second-order valence-corrected chi connectivity index (χ2v) is 15.9. The van der Waals surface area contributed by atoms with E-state index in [-0.39, 0.29) is 0 Å². The van der Waals surface area contributed by atoms with Crippen LogP contribution in [-0.4, -0.2) is 50.8 Å². The first-order valence-electron chi connectivity index (χ1n) is 10.4. The summed E-state index contributed by atoms with van der Waals surface area (Å²) < 4.78 is 13.6. The highest BCUT2D eigenvalue weighted by Gasteiger charge is 2.54. The third-order valence-electron chi connectivity index (χ3n) is 5.17. The molecule has 35 heavy (non-hydrogen) atoms. The van der Waals surface area contributed by atoms with Crippen molar-refractivity contribution in [2.75, 3.05) is 5.08 Å². The van der Waals surface area contributed by atoms with Gasteiger partial charge in [0, 0.05) is 7.05 Å². The predicted molar refractivity (Wildman–Crippen MR) is 138 cm³/mol. The standard InChI is InChI=1S/C21H22N6O4S4/c1-21(22)33-19-27(18(28)31-19)35(34(21)13-32-17-23-24-25-26(17)2)20(29)30-16(14-9-5-3-6-10-14)15-11-7-4-8-12-15/h3-12,16,19H,13,22H2,1-2H3/t19-,21-,34?,35?/m1/s1. The lowest BCUT2D eigenvalue weighted by Gasteiger charge is -2.48. The van der Waals surface area contributed by atoms with Gasteiger partial charge in [-0.15, -0.1) is 5.10 Å². The number of aryl methyl sites for hydroxylation is 1. The van der Waals surface area contributed by atoms with Gasteiger partial charge in [-0.25, -0.2) is 14.3 Å². The van der Waals surface area contributed by atoms with Crippen molar-refractivity contribution in [3.05, 3.63) is 71.8 Å². The molecule has 2 aliphatic rings. The number of hydrogen-bond acceptors (Lipinski definition) is 10. The van der Waals surface area contributed by atoms with Crippen molar-refractivity contribution >= 4 is 54.0 Å². The van der Waals surface area contributed by atoms with Crippen LogP contribution < -0.4 is 5.73 Å². The van der Waals surface area contributed by atoms with Crippen LogP contribution >= 0.6 is 23.5 Å². The van der Waals surface area contributed by atoms with Crippen molar-refractivity contribution < 1.29 is 19.1 Å². The van der Waals surface area contributed by atoms with Gasteiger partial charge in [-0.1, -0.05) is 93.6 Å². The first-order valence-corrected chi connectivity index (χ1v) is 15.4. The lowest BCUT2D eigenvalue weighted by Crippen LogP contribution is -2.63. The molecule has 0 radical (unpaired) electrons. The van der Waals surface area contributed by atoms with Gasteiger partial charge in [-0.05, 0) is 28.5 Å².